The van der Waals surface area contributed by atoms with Gasteiger partial charge >= 0.3 is 5.97 Å². The summed E-state index contributed by atoms with van der Waals surface area (Å²) in [6, 6.07) is 6.43. The van der Waals surface area contributed by atoms with E-state index in [1.165, 1.54) is 18.9 Å². The molecule has 0 bridgehead atoms. The maximum Gasteiger partial charge on any atom is 0.331 e. The van der Waals surface area contributed by atoms with E-state index >= 15 is 0 Å². The van der Waals surface area contributed by atoms with Crippen LogP contribution in [0.2, 0.25) is 0 Å². The molecule has 2 rings (SSSR count). The Labute approximate surface area is 119 Å². The van der Waals surface area contributed by atoms with Crippen LogP contribution in [0.4, 0.5) is 4.39 Å². The number of benzene rings is 1. The SMILES string of the molecule is CCOC(=O)C(CC)(NCC1CC1)c1ccccc1F. The molecule has 1 fully saturated rings. The Morgan fingerprint density at radius 3 is 2.65 bits per heavy atom. The van der Waals surface area contributed by atoms with Crippen molar-refractivity contribution in [3.63, 3.8) is 0 Å². The number of carbonyl (C=O) groups excluding carboxylic acids is 1. The van der Waals surface area contributed by atoms with Gasteiger partial charge in [0, 0.05) is 5.56 Å². The summed E-state index contributed by atoms with van der Waals surface area (Å²) in [5, 5.41) is 3.27. The van der Waals surface area contributed by atoms with Gasteiger partial charge in [0.25, 0.3) is 0 Å². The summed E-state index contributed by atoms with van der Waals surface area (Å²) < 4.78 is 19.4. The van der Waals surface area contributed by atoms with Crippen LogP contribution in [-0.2, 0) is 15.1 Å². The van der Waals surface area contributed by atoms with Crippen LogP contribution in [0, 0.1) is 11.7 Å². The highest BCUT2D eigenvalue weighted by molar-refractivity contribution is 5.82. The highest BCUT2D eigenvalue weighted by Gasteiger charge is 2.42. The second-order valence-electron chi connectivity index (χ2n) is 5.28. The summed E-state index contributed by atoms with van der Waals surface area (Å²) in [6.07, 6.45) is 2.80. The summed E-state index contributed by atoms with van der Waals surface area (Å²) in [5.41, 5.74) is -0.703. The van der Waals surface area contributed by atoms with Gasteiger partial charge in [-0.15, -0.1) is 0 Å². The first-order valence-corrected chi connectivity index (χ1v) is 7.31. The Bertz CT molecular complexity index is 473. The van der Waals surface area contributed by atoms with Gasteiger partial charge in [-0.1, -0.05) is 25.1 Å². The van der Waals surface area contributed by atoms with Crippen molar-refractivity contribution in [3.8, 4) is 0 Å². The molecule has 110 valence electrons. The van der Waals surface area contributed by atoms with Gasteiger partial charge in [0.15, 0.2) is 0 Å². The highest BCUT2D eigenvalue weighted by atomic mass is 19.1. The summed E-state index contributed by atoms with van der Waals surface area (Å²) in [4.78, 5) is 12.4. The zero-order chi connectivity index (χ0) is 14.6. The second kappa shape index (κ2) is 6.35. The molecule has 20 heavy (non-hydrogen) atoms. The van der Waals surface area contributed by atoms with Crippen molar-refractivity contribution in [2.75, 3.05) is 13.2 Å². The standard InChI is InChI=1S/C16H22FNO2/c1-3-16(15(19)20-4-2,18-11-12-9-10-12)13-7-5-6-8-14(13)17/h5-8,12,18H,3-4,9-11H2,1-2H3. The number of nitrogens with one attached hydrogen (secondary N) is 1. The van der Waals surface area contributed by atoms with Crippen molar-refractivity contribution in [3.05, 3.63) is 35.6 Å². The number of ether oxygens (including phenoxy) is 1. The predicted octanol–water partition coefficient (Wildman–Crippen LogP) is 2.99. The molecule has 1 N–H and O–H groups in total. The molecule has 1 unspecified atom stereocenters. The minimum atomic E-state index is -1.08. The van der Waals surface area contributed by atoms with Crippen molar-refractivity contribution in [1.82, 2.24) is 5.32 Å². The van der Waals surface area contributed by atoms with E-state index in [0.29, 0.717) is 24.5 Å². The molecule has 1 aliphatic carbocycles. The van der Waals surface area contributed by atoms with Crippen LogP contribution in [0.3, 0.4) is 0 Å². The summed E-state index contributed by atoms with van der Waals surface area (Å²) >= 11 is 0. The molecule has 3 nitrogen and oxygen atoms in total. The maximum absolute atomic E-state index is 14.2. The minimum absolute atomic E-state index is 0.292. The fourth-order valence-corrected chi connectivity index (χ4v) is 2.44. The zero-order valence-electron chi connectivity index (χ0n) is 12.1. The summed E-state index contributed by atoms with van der Waals surface area (Å²) in [5.74, 6) is -0.166. The van der Waals surface area contributed by atoms with Crippen LogP contribution in [0.15, 0.2) is 24.3 Å². The van der Waals surface area contributed by atoms with Crippen molar-refractivity contribution in [1.29, 1.82) is 0 Å². The molecule has 0 aliphatic heterocycles. The molecule has 1 aromatic rings. The van der Waals surface area contributed by atoms with Crippen molar-refractivity contribution < 1.29 is 13.9 Å². The minimum Gasteiger partial charge on any atom is -0.464 e. The van der Waals surface area contributed by atoms with Crippen LogP contribution < -0.4 is 5.32 Å². The molecule has 0 saturated heterocycles. The smallest absolute Gasteiger partial charge is 0.331 e. The molecule has 1 aromatic carbocycles. The van der Waals surface area contributed by atoms with E-state index in [0.717, 1.165) is 6.54 Å². The summed E-state index contributed by atoms with van der Waals surface area (Å²) in [6.45, 7) is 4.66. The third kappa shape index (κ3) is 3.01. The van der Waals surface area contributed by atoms with Gasteiger partial charge in [-0.05, 0) is 44.7 Å². The molecule has 0 amide bonds. The quantitative estimate of drug-likeness (QED) is 0.780. The Kier molecular flexibility index (Phi) is 4.76. The lowest BCUT2D eigenvalue weighted by molar-refractivity contribution is -0.152. The van der Waals surface area contributed by atoms with Gasteiger partial charge in [0.05, 0.1) is 6.61 Å². The van der Waals surface area contributed by atoms with Crippen molar-refractivity contribution >= 4 is 5.97 Å². The van der Waals surface area contributed by atoms with E-state index < -0.39 is 11.5 Å². The Balaban J connectivity index is 2.33. The zero-order valence-corrected chi connectivity index (χ0v) is 12.1. The number of hydrogen-bond acceptors (Lipinski definition) is 3. The number of esters is 1. The van der Waals surface area contributed by atoms with E-state index in [9.17, 15) is 9.18 Å². The predicted molar refractivity (Wildman–Crippen MR) is 75.7 cm³/mol. The lowest BCUT2D eigenvalue weighted by Gasteiger charge is -2.32. The topological polar surface area (TPSA) is 38.3 Å². The van der Waals surface area contributed by atoms with Crippen molar-refractivity contribution in [2.45, 2.75) is 38.6 Å². The average Bonchev–Trinajstić information content (AvgIpc) is 3.26. The molecule has 1 atom stereocenters. The van der Waals surface area contributed by atoms with E-state index in [1.54, 1.807) is 25.1 Å². The first-order valence-electron chi connectivity index (χ1n) is 7.31. The van der Waals surface area contributed by atoms with Gasteiger partial charge < -0.3 is 4.74 Å². The fourth-order valence-electron chi connectivity index (χ4n) is 2.44. The monoisotopic (exact) mass is 279 g/mol. The van der Waals surface area contributed by atoms with Crippen LogP contribution in [-0.4, -0.2) is 19.1 Å². The fraction of sp³-hybridized carbons (Fsp3) is 0.562. The van der Waals surface area contributed by atoms with Gasteiger partial charge in [-0.25, -0.2) is 9.18 Å². The Hall–Kier alpha value is -1.42. The first kappa shape index (κ1) is 15.0. The van der Waals surface area contributed by atoms with Crippen molar-refractivity contribution in [2.24, 2.45) is 5.92 Å². The lowest BCUT2D eigenvalue weighted by atomic mass is 9.86. The van der Waals surface area contributed by atoms with E-state index in [4.69, 9.17) is 4.74 Å². The van der Waals surface area contributed by atoms with Crippen LogP contribution >= 0.6 is 0 Å². The van der Waals surface area contributed by atoms with Crippen LogP contribution in [0.25, 0.3) is 0 Å². The molecule has 0 radical (unpaired) electrons. The van der Waals surface area contributed by atoms with Crippen LogP contribution in [0.5, 0.6) is 0 Å². The largest absolute Gasteiger partial charge is 0.464 e. The third-order valence-corrected chi connectivity index (χ3v) is 3.88. The van der Waals surface area contributed by atoms with Gasteiger partial charge in [0.1, 0.15) is 11.4 Å². The van der Waals surface area contributed by atoms with Crippen LogP contribution in [0.1, 0.15) is 38.7 Å². The van der Waals surface area contributed by atoms with Gasteiger partial charge in [-0.2, -0.15) is 0 Å². The molecule has 1 saturated carbocycles. The maximum atomic E-state index is 14.2. The average molecular weight is 279 g/mol. The number of rotatable bonds is 7. The Morgan fingerprint density at radius 1 is 1.40 bits per heavy atom. The van der Waals surface area contributed by atoms with E-state index in [2.05, 4.69) is 5.32 Å². The molecule has 0 heterocycles. The normalized spacial score (nSPS) is 17.6. The molecule has 1 aliphatic rings. The van der Waals surface area contributed by atoms with E-state index in [1.807, 2.05) is 6.92 Å². The first-order chi connectivity index (χ1) is 9.64. The summed E-state index contributed by atoms with van der Waals surface area (Å²) in [7, 11) is 0. The lowest BCUT2D eigenvalue weighted by Crippen LogP contribution is -2.51. The highest BCUT2D eigenvalue weighted by Crippen LogP contribution is 2.33. The number of halogens is 1. The Morgan fingerprint density at radius 2 is 2.10 bits per heavy atom. The van der Waals surface area contributed by atoms with Gasteiger partial charge in [-0.3, -0.25) is 5.32 Å². The third-order valence-electron chi connectivity index (χ3n) is 3.88. The number of hydrogen-bond donors (Lipinski definition) is 1. The number of carbonyl (C=O) groups is 1. The molecule has 0 aromatic heterocycles. The second-order valence-corrected chi connectivity index (χ2v) is 5.28. The molecular formula is C16H22FNO2. The molecular weight excluding hydrogens is 257 g/mol. The molecule has 0 spiro atoms. The van der Waals surface area contributed by atoms with E-state index in [-0.39, 0.29) is 5.82 Å². The van der Waals surface area contributed by atoms with Gasteiger partial charge in [0.2, 0.25) is 0 Å². The molecule has 4 heteroatoms.